The Hall–Kier alpha value is -1.55. The van der Waals surface area contributed by atoms with Gasteiger partial charge in [0, 0.05) is 57.3 Å². The second-order valence-corrected chi connectivity index (χ2v) is 7.37. The summed E-state index contributed by atoms with van der Waals surface area (Å²) >= 11 is 1.75. The molecule has 6 nitrogen and oxygen atoms in total. The van der Waals surface area contributed by atoms with E-state index in [9.17, 15) is 5.11 Å². The van der Waals surface area contributed by atoms with Crippen LogP contribution in [0.2, 0.25) is 0 Å². The topological polar surface area (TPSA) is 64.0 Å². The van der Waals surface area contributed by atoms with Gasteiger partial charge in [-0.1, -0.05) is 12.1 Å². The summed E-state index contributed by atoms with van der Waals surface area (Å²) in [6.45, 7) is 6.40. The van der Waals surface area contributed by atoms with E-state index in [0.29, 0.717) is 5.75 Å². The van der Waals surface area contributed by atoms with Crippen LogP contribution < -0.4 is 10.2 Å². The average molecular weight is 487 g/mol. The molecular weight excluding hydrogens is 461 g/mol. The normalized spacial score (nSPS) is 14.9. The summed E-state index contributed by atoms with van der Waals surface area (Å²) in [5, 5.41) is 14.6. The number of phenols is 1. The summed E-state index contributed by atoms with van der Waals surface area (Å²) < 4.78 is 0. The summed E-state index contributed by atoms with van der Waals surface area (Å²) in [7, 11) is 1.82. The highest BCUT2D eigenvalue weighted by Crippen LogP contribution is 2.27. The molecule has 2 N–H and O–H groups in total. The van der Waals surface area contributed by atoms with Gasteiger partial charge >= 0.3 is 0 Å². The number of phenolic OH excluding ortho intramolecular Hbond substituents is 1. The first kappa shape index (κ1) is 20.8. The van der Waals surface area contributed by atoms with Gasteiger partial charge in [0.25, 0.3) is 0 Å². The average Bonchev–Trinajstić information content (AvgIpc) is 3.05. The SMILES string of the molecule is CN=C(NCCc1ncc(C)s1)N1CCN(c2ccccc2O)CC1.I. The highest BCUT2D eigenvalue weighted by atomic mass is 127. The highest BCUT2D eigenvalue weighted by Gasteiger charge is 2.21. The van der Waals surface area contributed by atoms with Crippen LogP contribution in [0.15, 0.2) is 35.5 Å². The van der Waals surface area contributed by atoms with Crippen molar-refractivity contribution >= 4 is 47.0 Å². The number of aryl methyl sites for hydroxylation is 1. The van der Waals surface area contributed by atoms with Gasteiger partial charge in [-0.15, -0.1) is 35.3 Å². The number of aliphatic imine (C=N–C) groups is 1. The maximum absolute atomic E-state index is 10.0. The third-order valence-corrected chi connectivity index (χ3v) is 5.28. The number of anilines is 1. The van der Waals surface area contributed by atoms with Gasteiger partial charge in [0.15, 0.2) is 5.96 Å². The first-order valence-corrected chi connectivity index (χ1v) is 9.39. The molecule has 142 valence electrons. The largest absolute Gasteiger partial charge is 0.506 e. The van der Waals surface area contributed by atoms with Crippen LogP contribution in [0.25, 0.3) is 0 Å². The van der Waals surface area contributed by atoms with E-state index >= 15 is 0 Å². The van der Waals surface area contributed by atoms with Crippen molar-refractivity contribution in [3.8, 4) is 5.75 Å². The van der Waals surface area contributed by atoms with Crippen molar-refractivity contribution in [1.82, 2.24) is 15.2 Å². The van der Waals surface area contributed by atoms with Crippen molar-refractivity contribution in [2.24, 2.45) is 4.99 Å². The van der Waals surface area contributed by atoms with E-state index in [-0.39, 0.29) is 24.0 Å². The molecule has 0 amide bonds. The summed E-state index contributed by atoms with van der Waals surface area (Å²) in [6.07, 6.45) is 2.84. The first-order valence-electron chi connectivity index (χ1n) is 8.57. The summed E-state index contributed by atoms with van der Waals surface area (Å²) in [6, 6.07) is 7.52. The molecule has 0 radical (unpaired) electrons. The lowest BCUT2D eigenvalue weighted by Gasteiger charge is -2.37. The molecule has 0 spiro atoms. The molecule has 8 heteroatoms. The zero-order chi connectivity index (χ0) is 17.6. The fourth-order valence-corrected chi connectivity index (χ4v) is 3.81. The molecule has 1 aliphatic heterocycles. The standard InChI is InChI=1S/C18H25N5OS.HI/c1-14-13-21-17(25-14)7-8-20-18(19-2)23-11-9-22(10-12-23)15-5-3-4-6-16(15)24;/h3-6,13,24H,7-12H2,1-2H3,(H,19,20);1H. The zero-order valence-corrected chi connectivity index (χ0v) is 18.3. The smallest absolute Gasteiger partial charge is 0.193 e. The monoisotopic (exact) mass is 487 g/mol. The van der Waals surface area contributed by atoms with Gasteiger partial charge in [0.05, 0.1) is 10.7 Å². The van der Waals surface area contributed by atoms with Gasteiger partial charge in [0.2, 0.25) is 0 Å². The Kier molecular flexibility index (Phi) is 7.95. The predicted molar refractivity (Wildman–Crippen MR) is 119 cm³/mol. The van der Waals surface area contributed by atoms with Crippen molar-refractivity contribution in [1.29, 1.82) is 0 Å². The second-order valence-electron chi connectivity index (χ2n) is 6.05. The van der Waals surface area contributed by atoms with E-state index in [0.717, 1.165) is 55.8 Å². The fraction of sp³-hybridized carbons (Fsp3) is 0.444. The highest BCUT2D eigenvalue weighted by molar-refractivity contribution is 14.0. The third-order valence-electron chi connectivity index (χ3n) is 4.30. The van der Waals surface area contributed by atoms with E-state index in [1.165, 1.54) is 4.88 Å². The quantitative estimate of drug-likeness (QED) is 0.395. The minimum atomic E-state index is 0. The summed E-state index contributed by atoms with van der Waals surface area (Å²) in [5.74, 6) is 1.28. The predicted octanol–water partition coefficient (Wildman–Crippen LogP) is 2.72. The molecule has 1 aromatic heterocycles. The van der Waals surface area contributed by atoms with Crippen molar-refractivity contribution in [3.63, 3.8) is 0 Å². The number of aromatic nitrogens is 1. The Morgan fingerprint density at radius 1 is 1.27 bits per heavy atom. The number of halogens is 1. The minimum Gasteiger partial charge on any atom is -0.506 e. The van der Waals surface area contributed by atoms with Gasteiger partial charge in [-0.25, -0.2) is 4.98 Å². The zero-order valence-electron chi connectivity index (χ0n) is 15.2. The van der Waals surface area contributed by atoms with Crippen LogP contribution in [0.3, 0.4) is 0 Å². The molecule has 2 aromatic rings. The van der Waals surface area contributed by atoms with Gasteiger partial charge in [0.1, 0.15) is 5.75 Å². The number of hydrogen-bond acceptors (Lipinski definition) is 5. The summed E-state index contributed by atoms with van der Waals surface area (Å²) in [4.78, 5) is 14.5. The molecule has 1 aromatic carbocycles. The lowest BCUT2D eigenvalue weighted by atomic mass is 10.2. The lowest BCUT2D eigenvalue weighted by Crippen LogP contribution is -2.52. The number of piperazine rings is 1. The molecule has 1 fully saturated rings. The Morgan fingerprint density at radius 2 is 2.00 bits per heavy atom. The van der Waals surface area contributed by atoms with Crippen molar-refractivity contribution < 1.29 is 5.11 Å². The number of guanidine groups is 1. The van der Waals surface area contributed by atoms with E-state index in [2.05, 4.69) is 32.0 Å². The van der Waals surface area contributed by atoms with Crippen molar-refractivity contribution in [3.05, 3.63) is 40.3 Å². The molecule has 0 aliphatic carbocycles. The maximum Gasteiger partial charge on any atom is 0.193 e. The molecule has 0 saturated carbocycles. The van der Waals surface area contributed by atoms with Crippen LogP contribution in [0, 0.1) is 6.92 Å². The van der Waals surface area contributed by atoms with Crippen LogP contribution in [-0.2, 0) is 6.42 Å². The number of hydrogen-bond donors (Lipinski definition) is 2. The lowest BCUT2D eigenvalue weighted by molar-refractivity contribution is 0.370. The van der Waals surface area contributed by atoms with Crippen molar-refractivity contribution in [2.75, 3.05) is 44.7 Å². The summed E-state index contributed by atoms with van der Waals surface area (Å²) in [5.41, 5.74) is 0.907. The van der Waals surface area contributed by atoms with E-state index in [4.69, 9.17) is 0 Å². The van der Waals surface area contributed by atoms with E-state index < -0.39 is 0 Å². The number of aromatic hydroxyl groups is 1. The van der Waals surface area contributed by atoms with Crippen LogP contribution in [-0.4, -0.2) is 60.7 Å². The number of benzene rings is 1. The van der Waals surface area contributed by atoms with Crippen molar-refractivity contribution in [2.45, 2.75) is 13.3 Å². The molecular formula is C18H26IN5OS. The first-order chi connectivity index (χ1) is 12.2. The van der Waals surface area contributed by atoms with Gasteiger partial charge in [-0.3, -0.25) is 4.99 Å². The second kappa shape index (κ2) is 9.96. The van der Waals surface area contributed by atoms with E-state index in [1.807, 2.05) is 31.4 Å². The molecule has 1 saturated heterocycles. The Balaban J connectivity index is 0.00000243. The molecule has 0 unspecified atom stereocenters. The van der Waals surface area contributed by atoms with Crippen LogP contribution in [0.4, 0.5) is 5.69 Å². The third kappa shape index (κ3) is 5.23. The fourth-order valence-electron chi connectivity index (χ4n) is 3.02. The number of thiazole rings is 1. The Labute approximate surface area is 176 Å². The van der Waals surface area contributed by atoms with Gasteiger partial charge in [-0.05, 0) is 19.1 Å². The Morgan fingerprint density at radius 3 is 2.62 bits per heavy atom. The van der Waals surface area contributed by atoms with E-state index in [1.54, 1.807) is 17.4 Å². The molecule has 1 aliphatic rings. The molecule has 26 heavy (non-hydrogen) atoms. The number of nitrogens with one attached hydrogen (secondary N) is 1. The van der Waals surface area contributed by atoms with Gasteiger partial charge < -0.3 is 20.2 Å². The molecule has 3 rings (SSSR count). The van der Waals surface area contributed by atoms with Crippen LogP contribution in [0.5, 0.6) is 5.75 Å². The minimum absolute atomic E-state index is 0. The number of rotatable bonds is 4. The van der Waals surface area contributed by atoms with Crippen LogP contribution in [0.1, 0.15) is 9.88 Å². The molecule has 0 bridgehead atoms. The van der Waals surface area contributed by atoms with Crippen LogP contribution >= 0.6 is 35.3 Å². The molecule has 0 atom stereocenters. The maximum atomic E-state index is 10.0. The number of nitrogens with zero attached hydrogens (tertiary/aromatic N) is 4. The van der Waals surface area contributed by atoms with Gasteiger partial charge in [-0.2, -0.15) is 0 Å². The molecule has 2 heterocycles. The number of para-hydroxylation sites is 2. The Bertz CT molecular complexity index is 728.